The summed E-state index contributed by atoms with van der Waals surface area (Å²) in [5, 5.41) is 4.12. The van der Waals surface area contributed by atoms with Gasteiger partial charge in [-0.05, 0) is 18.2 Å². The maximum Gasteiger partial charge on any atom is 0.263 e. The largest absolute Gasteiger partial charge is 0.495 e. The first-order chi connectivity index (χ1) is 14.7. The van der Waals surface area contributed by atoms with Gasteiger partial charge in [0.05, 0.1) is 31.6 Å². The van der Waals surface area contributed by atoms with Gasteiger partial charge < -0.3 is 14.8 Å². The first-order valence-corrected chi connectivity index (χ1v) is 10.0. The van der Waals surface area contributed by atoms with E-state index in [0.29, 0.717) is 34.3 Å². The van der Waals surface area contributed by atoms with Crippen LogP contribution in [0.5, 0.6) is 5.75 Å². The van der Waals surface area contributed by atoms with E-state index >= 15 is 0 Å². The highest BCUT2D eigenvalue weighted by Gasteiger charge is 2.17. The van der Waals surface area contributed by atoms with Gasteiger partial charge in [0.15, 0.2) is 0 Å². The number of aromatic nitrogens is 1. The number of para-hydroxylation sites is 2. The van der Waals surface area contributed by atoms with Crippen molar-refractivity contribution in [1.82, 2.24) is 14.8 Å². The summed E-state index contributed by atoms with van der Waals surface area (Å²) >= 11 is 0. The quantitative estimate of drug-likeness (QED) is 0.677. The molecule has 1 saturated heterocycles. The molecule has 1 fully saturated rings. The van der Waals surface area contributed by atoms with Gasteiger partial charge >= 0.3 is 0 Å². The number of benzene rings is 2. The highest BCUT2D eigenvalue weighted by atomic mass is 16.5. The van der Waals surface area contributed by atoms with Crippen LogP contribution in [0.2, 0.25) is 0 Å². The Kier molecular flexibility index (Phi) is 6.11. The van der Waals surface area contributed by atoms with Gasteiger partial charge in [-0.25, -0.2) is 0 Å². The molecule has 3 aromatic rings. The molecule has 1 N–H and O–H groups in total. The minimum atomic E-state index is -0.205. The van der Waals surface area contributed by atoms with Gasteiger partial charge in [-0.1, -0.05) is 30.3 Å². The monoisotopic (exact) mass is 407 g/mol. The second-order valence-electron chi connectivity index (χ2n) is 7.15. The van der Waals surface area contributed by atoms with Crippen molar-refractivity contribution in [2.45, 2.75) is 0 Å². The van der Waals surface area contributed by atoms with Crippen LogP contribution in [0, 0.1) is 0 Å². The Bertz CT molecular complexity index is 1100. The number of carbonyl (C=O) groups is 1. The summed E-state index contributed by atoms with van der Waals surface area (Å²) in [7, 11) is 1.56. The lowest BCUT2D eigenvalue weighted by molar-refractivity contribution is 0.0383. The van der Waals surface area contributed by atoms with Crippen molar-refractivity contribution < 1.29 is 14.3 Å². The third-order valence-electron chi connectivity index (χ3n) is 5.33. The third-order valence-corrected chi connectivity index (χ3v) is 5.33. The molecule has 2 heterocycles. The van der Waals surface area contributed by atoms with Crippen LogP contribution in [0.15, 0.2) is 59.5 Å². The number of rotatable bonds is 6. The summed E-state index contributed by atoms with van der Waals surface area (Å²) in [5.74, 6) is 0.358. The number of hydrogen-bond acceptors (Lipinski definition) is 5. The lowest BCUT2D eigenvalue weighted by Gasteiger charge is -2.26. The summed E-state index contributed by atoms with van der Waals surface area (Å²) in [6, 6.07) is 14.5. The zero-order valence-electron chi connectivity index (χ0n) is 17.0. The molecule has 0 atom stereocenters. The number of methoxy groups -OCH3 is 1. The van der Waals surface area contributed by atoms with Crippen LogP contribution in [-0.4, -0.2) is 61.9 Å². The molecule has 156 valence electrons. The minimum Gasteiger partial charge on any atom is -0.495 e. The first kappa shape index (κ1) is 20.1. The number of hydrogen-bond donors (Lipinski definition) is 1. The molecule has 1 aliphatic rings. The Morgan fingerprint density at radius 1 is 1.07 bits per heavy atom. The molecule has 1 amide bonds. The molecule has 4 rings (SSSR count). The van der Waals surface area contributed by atoms with Crippen LogP contribution in [0.1, 0.15) is 10.4 Å². The highest BCUT2D eigenvalue weighted by Crippen LogP contribution is 2.23. The van der Waals surface area contributed by atoms with Gasteiger partial charge in [0.1, 0.15) is 5.75 Å². The van der Waals surface area contributed by atoms with Crippen molar-refractivity contribution in [1.29, 1.82) is 0 Å². The fraction of sp³-hybridized carbons (Fsp3) is 0.304. The standard InChI is InChI=1S/C23H25N3O4/c1-29-21-9-5-4-8-20(21)26-16-19(17-6-2-3-7-18(17)23(26)28)22(27)24-10-11-25-12-14-30-15-13-25/h2-9,16H,10-15H2,1H3,(H,24,27). The second kappa shape index (κ2) is 9.11. The number of pyridine rings is 1. The van der Waals surface area contributed by atoms with Crippen LogP contribution in [0.4, 0.5) is 0 Å². The number of morpholine rings is 1. The van der Waals surface area contributed by atoms with Crippen molar-refractivity contribution in [3.05, 3.63) is 70.6 Å². The second-order valence-corrected chi connectivity index (χ2v) is 7.15. The van der Waals surface area contributed by atoms with Crippen LogP contribution < -0.4 is 15.6 Å². The predicted octanol–water partition coefficient (Wildman–Crippen LogP) is 2.06. The molecule has 30 heavy (non-hydrogen) atoms. The lowest BCUT2D eigenvalue weighted by atomic mass is 10.1. The molecule has 0 bridgehead atoms. The molecule has 1 aliphatic heterocycles. The zero-order chi connectivity index (χ0) is 20.9. The number of amides is 1. The average Bonchev–Trinajstić information content (AvgIpc) is 2.80. The van der Waals surface area contributed by atoms with E-state index in [9.17, 15) is 9.59 Å². The molecule has 0 radical (unpaired) electrons. The summed E-state index contributed by atoms with van der Waals surface area (Å²) < 4.78 is 12.3. The van der Waals surface area contributed by atoms with E-state index in [1.165, 1.54) is 4.57 Å². The van der Waals surface area contributed by atoms with E-state index in [4.69, 9.17) is 9.47 Å². The minimum absolute atomic E-state index is 0.194. The number of ether oxygens (including phenoxy) is 2. The molecule has 7 nitrogen and oxygen atoms in total. The van der Waals surface area contributed by atoms with Crippen molar-refractivity contribution in [2.24, 2.45) is 0 Å². The third kappa shape index (κ3) is 4.08. The van der Waals surface area contributed by atoms with Crippen molar-refractivity contribution in [3.63, 3.8) is 0 Å². The molecular weight excluding hydrogens is 382 g/mol. The van der Waals surface area contributed by atoms with E-state index < -0.39 is 0 Å². The normalized spacial score (nSPS) is 14.6. The van der Waals surface area contributed by atoms with Gasteiger partial charge in [-0.3, -0.25) is 19.1 Å². The van der Waals surface area contributed by atoms with Gasteiger partial charge in [0.25, 0.3) is 11.5 Å². The molecule has 1 aromatic heterocycles. The van der Waals surface area contributed by atoms with Gasteiger partial charge in [-0.2, -0.15) is 0 Å². The van der Waals surface area contributed by atoms with Crippen molar-refractivity contribution in [3.8, 4) is 11.4 Å². The van der Waals surface area contributed by atoms with Gasteiger partial charge in [0, 0.05) is 43.1 Å². The zero-order valence-corrected chi connectivity index (χ0v) is 17.0. The summed E-state index contributed by atoms with van der Waals surface area (Å²) in [5.41, 5.74) is 0.858. The molecular formula is C23H25N3O4. The van der Waals surface area contributed by atoms with Crippen LogP contribution in [0.3, 0.4) is 0 Å². The van der Waals surface area contributed by atoms with Crippen LogP contribution in [0.25, 0.3) is 16.5 Å². The van der Waals surface area contributed by atoms with E-state index in [1.54, 1.807) is 43.6 Å². The Labute approximate surface area is 174 Å². The average molecular weight is 407 g/mol. The SMILES string of the molecule is COc1ccccc1-n1cc(C(=O)NCCN2CCOCC2)c2ccccc2c1=O. The smallest absolute Gasteiger partial charge is 0.263 e. The Hall–Kier alpha value is -3.16. The van der Waals surface area contributed by atoms with Crippen molar-refractivity contribution in [2.75, 3.05) is 46.5 Å². The summed E-state index contributed by atoms with van der Waals surface area (Å²) in [6.07, 6.45) is 1.60. The molecule has 0 unspecified atom stereocenters. The van der Waals surface area contributed by atoms with E-state index in [1.807, 2.05) is 18.2 Å². The molecule has 0 saturated carbocycles. The van der Waals surface area contributed by atoms with Crippen LogP contribution in [-0.2, 0) is 4.74 Å². The van der Waals surface area contributed by atoms with E-state index in [2.05, 4.69) is 10.2 Å². The van der Waals surface area contributed by atoms with Gasteiger partial charge in [0.2, 0.25) is 0 Å². The highest BCUT2D eigenvalue weighted by molar-refractivity contribution is 6.06. The number of carbonyl (C=O) groups excluding carboxylic acids is 1. The molecule has 0 spiro atoms. The Balaban J connectivity index is 1.67. The number of nitrogens with one attached hydrogen (secondary N) is 1. The van der Waals surface area contributed by atoms with Crippen LogP contribution >= 0.6 is 0 Å². The fourth-order valence-corrected chi connectivity index (χ4v) is 3.73. The van der Waals surface area contributed by atoms with E-state index in [-0.39, 0.29) is 11.5 Å². The fourth-order valence-electron chi connectivity index (χ4n) is 3.73. The van der Waals surface area contributed by atoms with Gasteiger partial charge in [-0.15, -0.1) is 0 Å². The summed E-state index contributed by atoms with van der Waals surface area (Å²) in [4.78, 5) is 28.5. The summed E-state index contributed by atoms with van der Waals surface area (Å²) in [6.45, 7) is 4.49. The maximum atomic E-state index is 13.1. The maximum absolute atomic E-state index is 13.1. The number of nitrogens with zero attached hydrogens (tertiary/aromatic N) is 2. The van der Waals surface area contributed by atoms with E-state index in [0.717, 1.165) is 32.8 Å². The first-order valence-electron chi connectivity index (χ1n) is 10.0. The number of fused-ring (bicyclic) bond motifs is 1. The molecule has 7 heteroatoms. The Morgan fingerprint density at radius 3 is 2.53 bits per heavy atom. The molecule has 0 aliphatic carbocycles. The predicted molar refractivity (Wildman–Crippen MR) is 116 cm³/mol. The Morgan fingerprint density at radius 2 is 1.77 bits per heavy atom. The van der Waals surface area contributed by atoms with Crippen molar-refractivity contribution >= 4 is 16.7 Å². The topological polar surface area (TPSA) is 72.8 Å². The lowest BCUT2D eigenvalue weighted by Crippen LogP contribution is -2.41. The molecule has 2 aromatic carbocycles.